The van der Waals surface area contributed by atoms with Gasteiger partial charge >= 0.3 is 5.97 Å². The van der Waals surface area contributed by atoms with Crippen LogP contribution in [-0.2, 0) is 4.74 Å². The third-order valence-electron chi connectivity index (χ3n) is 3.69. The molecular formula is C19H16ClN3O2. The monoisotopic (exact) mass is 353 g/mol. The number of aromatic nitrogens is 1. The van der Waals surface area contributed by atoms with E-state index in [1.165, 1.54) is 7.11 Å². The van der Waals surface area contributed by atoms with E-state index in [1.54, 1.807) is 6.07 Å². The molecule has 0 spiro atoms. The first-order valence-corrected chi connectivity index (χ1v) is 8.13. The number of pyridine rings is 1. The molecule has 5 nitrogen and oxygen atoms in total. The van der Waals surface area contributed by atoms with Crippen LogP contribution in [0.1, 0.15) is 10.4 Å². The molecule has 0 fully saturated rings. The van der Waals surface area contributed by atoms with Crippen LogP contribution in [0.4, 0.5) is 5.69 Å². The smallest absolute Gasteiger partial charge is 0.338 e. The summed E-state index contributed by atoms with van der Waals surface area (Å²) < 4.78 is 4.90. The number of ether oxygens (including phenoxy) is 1. The van der Waals surface area contributed by atoms with Crippen molar-refractivity contribution in [2.45, 2.75) is 0 Å². The number of amidine groups is 1. The second-order valence-electron chi connectivity index (χ2n) is 5.35. The Labute approximate surface area is 150 Å². The quantitative estimate of drug-likeness (QED) is 0.334. The Bertz CT molecular complexity index is 953. The van der Waals surface area contributed by atoms with Crippen molar-refractivity contribution < 1.29 is 9.53 Å². The number of para-hydroxylation sites is 1. The summed E-state index contributed by atoms with van der Waals surface area (Å²) in [6.07, 6.45) is 0. The fraction of sp³-hybridized carbons (Fsp3) is 0.105. The van der Waals surface area contributed by atoms with E-state index in [4.69, 9.17) is 22.1 Å². The first kappa shape index (κ1) is 16.9. The summed E-state index contributed by atoms with van der Waals surface area (Å²) >= 11 is 5.64. The molecule has 126 valence electrons. The molecule has 0 saturated carbocycles. The minimum Gasteiger partial charge on any atom is -0.465 e. The SMILES string of the molecule is COC(=O)c1cc(-c2ccc(N=C(N)CCl)cc2)nc2ccccc12. The van der Waals surface area contributed by atoms with Gasteiger partial charge in [-0.1, -0.05) is 30.3 Å². The number of hydrogen-bond acceptors (Lipinski definition) is 4. The highest BCUT2D eigenvalue weighted by molar-refractivity contribution is 6.28. The molecule has 1 aromatic heterocycles. The highest BCUT2D eigenvalue weighted by atomic mass is 35.5. The van der Waals surface area contributed by atoms with Crippen LogP contribution < -0.4 is 5.73 Å². The number of esters is 1. The number of carbonyl (C=O) groups is 1. The summed E-state index contributed by atoms with van der Waals surface area (Å²) in [6, 6.07) is 16.6. The van der Waals surface area contributed by atoms with Crippen LogP contribution in [0.15, 0.2) is 59.6 Å². The lowest BCUT2D eigenvalue weighted by Crippen LogP contribution is -2.12. The van der Waals surface area contributed by atoms with Gasteiger partial charge < -0.3 is 10.5 Å². The van der Waals surface area contributed by atoms with E-state index >= 15 is 0 Å². The van der Waals surface area contributed by atoms with Crippen molar-refractivity contribution in [2.75, 3.05) is 13.0 Å². The molecule has 2 aromatic carbocycles. The number of alkyl halides is 1. The van der Waals surface area contributed by atoms with Gasteiger partial charge in [0.1, 0.15) is 5.84 Å². The molecule has 3 aromatic rings. The molecule has 3 rings (SSSR count). The van der Waals surface area contributed by atoms with Crippen molar-refractivity contribution >= 4 is 40.0 Å². The van der Waals surface area contributed by atoms with Crippen molar-refractivity contribution in [3.05, 3.63) is 60.2 Å². The summed E-state index contributed by atoms with van der Waals surface area (Å²) in [7, 11) is 1.37. The average Bonchev–Trinajstić information content (AvgIpc) is 2.67. The van der Waals surface area contributed by atoms with Crippen LogP contribution in [-0.4, -0.2) is 29.8 Å². The average molecular weight is 354 g/mol. The van der Waals surface area contributed by atoms with Gasteiger partial charge in [-0.25, -0.2) is 14.8 Å². The molecule has 0 unspecified atom stereocenters. The van der Waals surface area contributed by atoms with Gasteiger partial charge in [-0.05, 0) is 24.3 Å². The van der Waals surface area contributed by atoms with Gasteiger partial charge in [-0.3, -0.25) is 0 Å². The third kappa shape index (κ3) is 3.61. The van der Waals surface area contributed by atoms with Gasteiger partial charge in [0.25, 0.3) is 0 Å². The van der Waals surface area contributed by atoms with Crippen LogP contribution in [0, 0.1) is 0 Å². The van der Waals surface area contributed by atoms with Gasteiger partial charge in [-0.2, -0.15) is 0 Å². The number of nitrogens with two attached hydrogens (primary N) is 1. The van der Waals surface area contributed by atoms with Gasteiger partial charge in [0.2, 0.25) is 0 Å². The zero-order chi connectivity index (χ0) is 17.8. The van der Waals surface area contributed by atoms with Gasteiger partial charge in [0.05, 0.1) is 35.5 Å². The summed E-state index contributed by atoms with van der Waals surface area (Å²) in [5.74, 6) is 0.137. The van der Waals surface area contributed by atoms with Crippen molar-refractivity contribution in [3.63, 3.8) is 0 Å². The molecule has 0 radical (unpaired) electrons. The Kier molecular flexibility index (Phi) is 4.95. The molecule has 0 atom stereocenters. The highest BCUT2D eigenvalue weighted by Crippen LogP contribution is 2.26. The van der Waals surface area contributed by atoms with E-state index in [2.05, 4.69) is 9.98 Å². The Hall–Kier alpha value is -2.92. The van der Waals surface area contributed by atoms with E-state index < -0.39 is 5.97 Å². The zero-order valence-electron chi connectivity index (χ0n) is 13.6. The van der Waals surface area contributed by atoms with Gasteiger partial charge in [0.15, 0.2) is 0 Å². The number of carbonyl (C=O) groups excluding carboxylic acids is 1. The van der Waals surface area contributed by atoms with Crippen molar-refractivity contribution in [3.8, 4) is 11.3 Å². The number of rotatable bonds is 4. The molecule has 0 bridgehead atoms. The molecule has 0 aliphatic carbocycles. The lowest BCUT2D eigenvalue weighted by molar-refractivity contribution is 0.0603. The van der Waals surface area contributed by atoms with Crippen LogP contribution in [0.2, 0.25) is 0 Å². The third-order valence-corrected chi connectivity index (χ3v) is 3.97. The first-order chi connectivity index (χ1) is 12.1. The lowest BCUT2D eigenvalue weighted by atomic mass is 10.0. The zero-order valence-corrected chi connectivity index (χ0v) is 14.3. The molecule has 0 aliphatic heterocycles. The standard InChI is InChI=1S/C19H16ClN3O2/c1-25-19(24)15-10-17(23-16-5-3-2-4-14(15)16)12-6-8-13(9-7-12)22-18(21)11-20/h2-10H,11H2,1H3,(H2,21,22). The molecule has 6 heteroatoms. The Balaban J connectivity index is 2.08. The minimum absolute atomic E-state index is 0.177. The molecular weight excluding hydrogens is 338 g/mol. The number of methoxy groups -OCH3 is 1. The normalized spacial score (nSPS) is 11.5. The maximum absolute atomic E-state index is 12.1. The van der Waals surface area contributed by atoms with Crippen molar-refractivity contribution in [2.24, 2.45) is 10.7 Å². The first-order valence-electron chi connectivity index (χ1n) is 7.60. The largest absolute Gasteiger partial charge is 0.465 e. The van der Waals surface area contributed by atoms with E-state index in [0.717, 1.165) is 16.5 Å². The number of aliphatic imine (C=N–C) groups is 1. The van der Waals surface area contributed by atoms with Crippen molar-refractivity contribution in [1.29, 1.82) is 0 Å². The summed E-state index contributed by atoms with van der Waals surface area (Å²) in [4.78, 5) is 21.0. The fourth-order valence-electron chi connectivity index (χ4n) is 2.50. The predicted molar refractivity (Wildman–Crippen MR) is 101 cm³/mol. The number of halogens is 1. The number of fused-ring (bicyclic) bond motifs is 1. The fourth-order valence-corrected chi connectivity index (χ4v) is 2.56. The lowest BCUT2D eigenvalue weighted by Gasteiger charge is -2.08. The minimum atomic E-state index is -0.393. The predicted octanol–water partition coefficient (Wildman–Crippen LogP) is 3.92. The van der Waals surface area contributed by atoms with E-state index in [9.17, 15) is 4.79 Å². The maximum Gasteiger partial charge on any atom is 0.338 e. The molecule has 0 aliphatic rings. The second kappa shape index (κ2) is 7.32. The van der Waals surface area contributed by atoms with E-state index in [0.29, 0.717) is 22.8 Å². The van der Waals surface area contributed by atoms with E-state index in [-0.39, 0.29) is 5.88 Å². The van der Waals surface area contributed by atoms with Crippen molar-refractivity contribution in [1.82, 2.24) is 4.98 Å². The molecule has 1 heterocycles. The highest BCUT2D eigenvalue weighted by Gasteiger charge is 2.14. The molecule has 0 saturated heterocycles. The van der Waals surface area contributed by atoms with Crippen LogP contribution >= 0.6 is 11.6 Å². The molecule has 2 N–H and O–H groups in total. The summed E-state index contributed by atoms with van der Waals surface area (Å²) in [5, 5.41) is 0.759. The Morgan fingerprint density at radius 1 is 1.20 bits per heavy atom. The van der Waals surface area contributed by atoms with Gasteiger partial charge in [0, 0.05) is 10.9 Å². The number of hydrogen-bond donors (Lipinski definition) is 1. The topological polar surface area (TPSA) is 77.6 Å². The Morgan fingerprint density at radius 2 is 1.92 bits per heavy atom. The summed E-state index contributed by atoms with van der Waals surface area (Å²) in [6.45, 7) is 0. The molecule has 0 amide bonds. The second-order valence-corrected chi connectivity index (χ2v) is 5.61. The molecule has 25 heavy (non-hydrogen) atoms. The van der Waals surface area contributed by atoms with Crippen LogP contribution in [0.5, 0.6) is 0 Å². The van der Waals surface area contributed by atoms with E-state index in [1.807, 2.05) is 48.5 Å². The van der Waals surface area contributed by atoms with Crippen LogP contribution in [0.25, 0.3) is 22.2 Å². The van der Waals surface area contributed by atoms with Crippen LogP contribution in [0.3, 0.4) is 0 Å². The summed E-state index contributed by atoms with van der Waals surface area (Å²) in [5.41, 5.74) is 9.10. The number of nitrogens with zero attached hydrogens (tertiary/aromatic N) is 2. The number of benzene rings is 2. The Morgan fingerprint density at radius 3 is 2.60 bits per heavy atom. The maximum atomic E-state index is 12.1. The van der Waals surface area contributed by atoms with Gasteiger partial charge in [-0.15, -0.1) is 11.6 Å².